The highest BCUT2D eigenvalue weighted by Gasteiger charge is 2.65. The number of nitrogen functional groups attached to an aromatic ring is 1. The highest BCUT2D eigenvalue weighted by Crippen LogP contribution is 2.62. The maximum absolute atomic E-state index is 13.8. The second-order valence-corrected chi connectivity index (χ2v) is 7.86. The van der Waals surface area contributed by atoms with E-state index in [-0.39, 0.29) is 34.3 Å². The Hall–Kier alpha value is -1.62. The number of amides is 1. The number of carbonyl (C=O) groups is 1. The summed E-state index contributed by atoms with van der Waals surface area (Å²) in [4.78, 5) is 12.9. The summed E-state index contributed by atoms with van der Waals surface area (Å²) < 4.78 is 14.5. The van der Waals surface area contributed by atoms with Gasteiger partial charge in [-0.05, 0) is 23.0 Å². The molecule has 3 N–H and O–H groups in total. The fourth-order valence-electron chi connectivity index (χ4n) is 3.05. The first-order valence-electron chi connectivity index (χ1n) is 6.95. The summed E-state index contributed by atoms with van der Waals surface area (Å²) in [7, 11) is 0. The van der Waals surface area contributed by atoms with Gasteiger partial charge in [0.1, 0.15) is 10.7 Å². The van der Waals surface area contributed by atoms with Gasteiger partial charge >= 0.3 is 0 Å². The van der Waals surface area contributed by atoms with Crippen LogP contribution in [-0.2, 0) is 0 Å². The van der Waals surface area contributed by atoms with Crippen molar-refractivity contribution in [2.45, 2.75) is 33.7 Å². The van der Waals surface area contributed by atoms with E-state index in [2.05, 4.69) is 33.0 Å². The lowest BCUT2D eigenvalue weighted by atomic mass is 10.0. The maximum Gasteiger partial charge on any atom is 0.263 e. The molecular weight excluding hydrogens is 287 g/mol. The van der Waals surface area contributed by atoms with Crippen LogP contribution in [0.4, 0.5) is 10.1 Å². The average molecular weight is 306 g/mol. The second kappa shape index (κ2) is 4.19. The predicted molar refractivity (Wildman–Crippen MR) is 85.0 cm³/mol. The molecule has 1 aromatic carbocycles. The van der Waals surface area contributed by atoms with Crippen molar-refractivity contribution < 1.29 is 9.18 Å². The van der Waals surface area contributed by atoms with Gasteiger partial charge in [-0.2, -0.15) is 0 Å². The second-order valence-electron chi connectivity index (χ2n) is 6.81. The van der Waals surface area contributed by atoms with Gasteiger partial charge in [0.05, 0.1) is 11.1 Å². The molecule has 3 rings (SSSR count). The van der Waals surface area contributed by atoms with Crippen LogP contribution in [0.2, 0.25) is 0 Å². The number of thiophene rings is 1. The minimum Gasteiger partial charge on any atom is -0.397 e. The molecule has 0 unspecified atom stereocenters. The average Bonchev–Trinajstić information content (AvgIpc) is 2.71. The number of rotatable bonds is 2. The molecule has 21 heavy (non-hydrogen) atoms. The van der Waals surface area contributed by atoms with E-state index in [0.717, 1.165) is 0 Å². The van der Waals surface area contributed by atoms with E-state index in [9.17, 15) is 9.18 Å². The standard InChI is InChI=1S/C16H19FN2OS/c1-15(2)14(16(15,3)4)19-13(20)12-11(18)10-8(17)6-5-7-9(10)21-12/h5-7,14H,18H2,1-4H3,(H,19,20). The van der Waals surface area contributed by atoms with Crippen molar-refractivity contribution in [3.8, 4) is 0 Å². The lowest BCUT2D eigenvalue weighted by molar-refractivity contribution is 0.0948. The van der Waals surface area contributed by atoms with Crippen molar-refractivity contribution in [2.75, 3.05) is 5.73 Å². The minimum absolute atomic E-state index is 0.0549. The molecule has 1 amide bonds. The highest BCUT2D eigenvalue weighted by molar-refractivity contribution is 7.21. The minimum atomic E-state index is -0.382. The number of nitrogens with one attached hydrogen (secondary N) is 1. The third-order valence-electron chi connectivity index (χ3n) is 5.20. The number of benzene rings is 1. The van der Waals surface area contributed by atoms with E-state index in [1.807, 2.05) is 0 Å². The molecule has 1 fully saturated rings. The normalized spacial score (nSPS) is 19.7. The Morgan fingerprint density at radius 1 is 1.29 bits per heavy atom. The Morgan fingerprint density at radius 3 is 2.43 bits per heavy atom. The summed E-state index contributed by atoms with van der Waals surface area (Å²) in [5.74, 6) is -0.593. The van der Waals surface area contributed by atoms with Gasteiger partial charge in [-0.25, -0.2) is 4.39 Å². The van der Waals surface area contributed by atoms with Crippen molar-refractivity contribution in [3.05, 3.63) is 28.9 Å². The van der Waals surface area contributed by atoms with E-state index in [0.29, 0.717) is 15.0 Å². The van der Waals surface area contributed by atoms with Gasteiger partial charge in [-0.15, -0.1) is 11.3 Å². The SMILES string of the molecule is CC1(C)C(NC(=O)c2sc3cccc(F)c3c2N)C1(C)C. The molecule has 112 valence electrons. The van der Waals surface area contributed by atoms with Crippen LogP contribution in [-0.4, -0.2) is 11.9 Å². The lowest BCUT2D eigenvalue weighted by Crippen LogP contribution is -2.29. The maximum atomic E-state index is 13.8. The third kappa shape index (κ3) is 1.87. The van der Waals surface area contributed by atoms with Crippen LogP contribution in [0.25, 0.3) is 10.1 Å². The lowest BCUT2D eigenvalue weighted by Gasteiger charge is -2.06. The largest absolute Gasteiger partial charge is 0.397 e. The molecular formula is C16H19FN2OS. The van der Waals surface area contributed by atoms with Crippen LogP contribution in [0.15, 0.2) is 18.2 Å². The zero-order valence-electron chi connectivity index (χ0n) is 12.6. The van der Waals surface area contributed by atoms with Crippen molar-refractivity contribution in [1.29, 1.82) is 0 Å². The molecule has 0 saturated heterocycles. The zero-order valence-corrected chi connectivity index (χ0v) is 13.4. The molecule has 3 nitrogen and oxygen atoms in total. The van der Waals surface area contributed by atoms with Crippen LogP contribution in [0.1, 0.15) is 37.4 Å². The number of nitrogens with two attached hydrogens (primary N) is 1. The Balaban J connectivity index is 1.93. The molecule has 0 spiro atoms. The van der Waals surface area contributed by atoms with Crippen molar-refractivity contribution in [2.24, 2.45) is 10.8 Å². The number of carbonyl (C=O) groups excluding carboxylic acids is 1. The summed E-state index contributed by atoms with van der Waals surface area (Å²) in [5.41, 5.74) is 6.33. The summed E-state index contributed by atoms with van der Waals surface area (Å²) in [5, 5.41) is 3.39. The molecule has 2 aromatic rings. The van der Waals surface area contributed by atoms with E-state index in [1.54, 1.807) is 12.1 Å². The molecule has 1 aliphatic rings. The quantitative estimate of drug-likeness (QED) is 0.887. The number of fused-ring (bicyclic) bond motifs is 1. The van der Waals surface area contributed by atoms with Gasteiger partial charge in [-0.3, -0.25) is 4.79 Å². The van der Waals surface area contributed by atoms with Gasteiger partial charge in [0.15, 0.2) is 0 Å². The summed E-state index contributed by atoms with van der Waals surface area (Å²) in [6.07, 6.45) is 0. The molecule has 1 heterocycles. The number of hydrogen-bond donors (Lipinski definition) is 2. The monoisotopic (exact) mass is 306 g/mol. The van der Waals surface area contributed by atoms with Crippen LogP contribution in [0.3, 0.4) is 0 Å². The third-order valence-corrected chi connectivity index (χ3v) is 6.37. The first-order valence-corrected chi connectivity index (χ1v) is 7.77. The van der Waals surface area contributed by atoms with Gasteiger partial charge in [0.25, 0.3) is 5.91 Å². The Bertz CT molecular complexity index is 734. The molecule has 0 aliphatic heterocycles. The summed E-state index contributed by atoms with van der Waals surface area (Å²) >= 11 is 1.24. The molecule has 5 heteroatoms. The first kappa shape index (κ1) is 14.3. The molecule has 1 saturated carbocycles. The van der Waals surface area contributed by atoms with Gasteiger partial charge in [0.2, 0.25) is 0 Å². The number of anilines is 1. The Labute approximate surface area is 127 Å². The molecule has 1 aliphatic carbocycles. The molecule has 0 atom stereocenters. The van der Waals surface area contributed by atoms with Crippen molar-refractivity contribution in [1.82, 2.24) is 5.32 Å². The van der Waals surface area contributed by atoms with Gasteiger partial charge < -0.3 is 11.1 Å². The van der Waals surface area contributed by atoms with E-state index >= 15 is 0 Å². The van der Waals surface area contributed by atoms with Gasteiger partial charge in [0, 0.05) is 10.7 Å². The number of hydrogen-bond acceptors (Lipinski definition) is 3. The van der Waals surface area contributed by atoms with Crippen molar-refractivity contribution >= 4 is 33.0 Å². The van der Waals surface area contributed by atoms with E-state index in [1.165, 1.54) is 17.4 Å². The highest BCUT2D eigenvalue weighted by atomic mass is 32.1. The van der Waals surface area contributed by atoms with Crippen LogP contribution in [0.5, 0.6) is 0 Å². The predicted octanol–water partition coefficient (Wildman–Crippen LogP) is 3.79. The molecule has 0 radical (unpaired) electrons. The van der Waals surface area contributed by atoms with Crippen LogP contribution >= 0.6 is 11.3 Å². The fraction of sp³-hybridized carbons (Fsp3) is 0.438. The number of halogens is 1. The zero-order chi connectivity index (χ0) is 15.6. The van der Waals surface area contributed by atoms with E-state index in [4.69, 9.17) is 5.73 Å². The molecule has 1 aromatic heterocycles. The fourth-order valence-corrected chi connectivity index (χ4v) is 4.09. The smallest absolute Gasteiger partial charge is 0.263 e. The van der Waals surface area contributed by atoms with Crippen LogP contribution < -0.4 is 11.1 Å². The van der Waals surface area contributed by atoms with Crippen LogP contribution in [0, 0.1) is 16.6 Å². The summed E-state index contributed by atoms with van der Waals surface area (Å²) in [6.45, 7) is 8.52. The first-order chi connectivity index (χ1) is 9.68. The Kier molecular flexibility index (Phi) is 2.86. The Morgan fingerprint density at radius 2 is 1.90 bits per heavy atom. The molecule has 0 bridgehead atoms. The van der Waals surface area contributed by atoms with Crippen molar-refractivity contribution in [3.63, 3.8) is 0 Å². The van der Waals surface area contributed by atoms with Gasteiger partial charge in [-0.1, -0.05) is 33.8 Å². The topological polar surface area (TPSA) is 55.1 Å². The summed E-state index contributed by atoms with van der Waals surface area (Å²) in [6, 6.07) is 4.87. The van der Waals surface area contributed by atoms with E-state index < -0.39 is 0 Å².